The number of nitrogens with zero attached hydrogens (tertiary/aromatic N) is 1. The quantitative estimate of drug-likeness (QED) is 0.849. The third kappa shape index (κ3) is 2.73. The lowest BCUT2D eigenvalue weighted by Crippen LogP contribution is -2.30. The van der Waals surface area contributed by atoms with E-state index in [-0.39, 0.29) is 22.5 Å². The molecule has 3 unspecified atom stereocenters. The van der Waals surface area contributed by atoms with Crippen LogP contribution >= 0.6 is 11.3 Å². The van der Waals surface area contributed by atoms with Gasteiger partial charge in [0, 0.05) is 23.9 Å². The van der Waals surface area contributed by atoms with Crippen molar-refractivity contribution in [3.8, 4) is 0 Å². The summed E-state index contributed by atoms with van der Waals surface area (Å²) >= 11 is 1.01. The Balaban J connectivity index is 1.78. The van der Waals surface area contributed by atoms with Gasteiger partial charge in [-0.05, 0) is 30.9 Å². The number of carboxylic acids is 1. The van der Waals surface area contributed by atoms with E-state index < -0.39 is 22.1 Å². The van der Waals surface area contributed by atoms with Gasteiger partial charge in [-0.3, -0.25) is 4.79 Å². The lowest BCUT2D eigenvalue weighted by atomic mass is 10.00. The molecule has 2 fully saturated rings. The van der Waals surface area contributed by atoms with Crippen molar-refractivity contribution in [3.63, 3.8) is 0 Å². The summed E-state index contributed by atoms with van der Waals surface area (Å²) in [5.74, 6) is -0.689. The first-order valence-corrected chi connectivity index (χ1v) is 9.12. The van der Waals surface area contributed by atoms with Crippen LogP contribution in [0, 0.1) is 11.8 Å². The number of fused-ring (bicyclic) bond motifs is 1. The van der Waals surface area contributed by atoms with E-state index in [1.165, 1.54) is 10.4 Å². The molecule has 1 saturated carbocycles. The Kier molecular flexibility index (Phi) is 3.81. The molecule has 8 heteroatoms. The average Bonchev–Trinajstić information content (AvgIpc) is 3.06. The van der Waals surface area contributed by atoms with Gasteiger partial charge in [0.05, 0.1) is 12.5 Å². The van der Waals surface area contributed by atoms with Crippen LogP contribution in [0.3, 0.4) is 0 Å². The molecule has 0 spiro atoms. The molecule has 6 nitrogen and oxygen atoms in total. The number of sulfonamides is 1. The number of aliphatic hydroxyl groups excluding tert-OH is 1. The summed E-state index contributed by atoms with van der Waals surface area (Å²) < 4.78 is 26.8. The van der Waals surface area contributed by atoms with E-state index in [0.717, 1.165) is 24.2 Å². The van der Waals surface area contributed by atoms with Crippen LogP contribution in [0.15, 0.2) is 16.3 Å². The van der Waals surface area contributed by atoms with E-state index in [1.54, 1.807) is 6.07 Å². The highest BCUT2D eigenvalue weighted by Crippen LogP contribution is 2.40. The molecule has 1 aromatic rings. The second-order valence-corrected chi connectivity index (χ2v) is 9.02. The maximum absolute atomic E-state index is 12.6. The van der Waals surface area contributed by atoms with Crippen LogP contribution in [0.2, 0.25) is 0 Å². The Morgan fingerprint density at radius 2 is 2.10 bits per heavy atom. The number of aliphatic hydroxyl groups is 1. The van der Waals surface area contributed by atoms with Gasteiger partial charge in [0.15, 0.2) is 0 Å². The zero-order chi connectivity index (χ0) is 15.2. The zero-order valence-electron chi connectivity index (χ0n) is 11.3. The second-order valence-electron chi connectivity index (χ2n) is 5.68. The van der Waals surface area contributed by atoms with Crippen LogP contribution in [-0.4, -0.2) is 48.1 Å². The van der Waals surface area contributed by atoms with Gasteiger partial charge in [-0.1, -0.05) is 0 Å². The molecule has 1 aromatic heterocycles. The van der Waals surface area contributed by atoms with E-state index in [2.05, 4.69) is 0 Å². The summed E-state index contributed by atoms with van der Waals surface area (Å²) in [5, 5.41) is 18.6. The first-order chi connectivity index (χ1) is 9.88. The second kappa shape index (κ2) is 5.35. The van der Waals surface area contributed by atoms with Crippen LogP contribution in [0.1, 0.15) is 17.7 Å². The van der Waals surface area contributed by atoms with E-state index in [0.29, 0.717) is 18.0 Å². The number of aliphatic carboxylic acids is 1. The summed E-state index contributed by atoms with van der Waals surface area (Å²) in [6.07, 6.45) is 1.06. The van der Waals surface area contributed by atoms with Gasteiger partial charge in [-0.15, -0.1) is 11.3 Å². The average molecular weight is 331 g/mol. The van der Waals surface area contributed by atoms with Crippen LogP contribution in [0.25, 0.3) is 0 Å². The predicted octanol–water partition coefficient (Wildman–Crippen LogP) is 0.767. The third-order valence-corrected chi connectivity index (χ3v) is 7.73. The SMILES string of the molecule is O=C(O)Cc1ccc(S(=O)(=O)N2CC3CCC(O)C3C2)s1. The van der Waals surface area contributed by atoms with Gasteiger partial charge in [0.1, 0.15) is 4.21 Å². The highest BCUT2D eigenvalue weighted by atomic mass is 32.2. The van der Waals surface area contributed by atoms with Crippen LogP contribution < -0.4 is 0 Å². The summed E-state index contributed by atoms with van der Waals surface area (Å²) in [7, 11) is -3.57. The summed E-state index contributed by atoms with van der Waals surface area (Å²) in [4.78, 5) is 11.2. The van der Waals surface area contributed by atoms with Crippen molar-refractivity contribution in [2.75, 3.05) is 13.1 Å². The van der Waals surface area contributed by atoms with E-state index >= 15 is 0 Å². The van der Waals surface area contributed by atoms with Crippen LogP contribution in [-0.2, 0) is 21.2 Å². The van der Waals surface area contributed by atoms with Crippen LogP contribution in [0.4, 0.5) is 0 Å². The topological polar surface area (TPSA) is 94.9 Å². The minimum Gasteiger partial charge on any atom is -0.481 e. The lowest BCUT2D eigenvalue weighted by molar-refractivity contribution is -0.136. The first kappa shape index (κ1) is 15.0. The normalized spacial score (nSPS) is 29.7. The Labute approximate surface area is 127 Å². The molecular formula is C13H17NO5S2. The predicted molar refractivity (Wildman–Crippen MR) is 76.6 cm³/mol. The first-order valence-electron chi connectivity index (χ1n) is 6.86. The van der Waals surface area contributed by atoms with Crippen molar-refractivity contribution < 1.29 is 23.4 Å². The molecule has 0 amide bonds. The van der Waals surface area contributed by atoms with Gasteiger partial charge in [0.2, 0.25) is 0 Å². The molecule has 1 aliphatic carbocycles. The number of rotatable bonds is 4. The van der Waals surface area contributed by atoms with E-state index in [1.807, 2.05) is 0 Å². The molecule has 0 bridgehead atoms. The molecule has 0 radical (unpaired) electrons. The fraction of sp³-hybridized carbons (Fsp3) is 0.615. The van der Waals surface area contributed by atoms with Gasteiger partial charge in [0.25, 0.3) is 10.0 Å². The molecule has 1 aliphatic heterocycles. The highest BCUT2D eigenvalue weighted by Gasteiger charge is 2.46. The number of hydrogen-bond acceptors (Lipinski definition) is 5. The van der Waals surface area contributed by atoms with Crippen molar-refractivity contribution in [2.24, 2.45) is 11.8 Å². The fourth-order valence-electron chi connectivity index (χ4n) is 3.26. The van der Waals surface area contributed by atoms with Crippen molar-refractivity contribution in [3.05, 3.63) is 17.0 Å². The molecular weight excluding hydrogens is 314 g/mol. The largest absolute Gasteiger partial charge is 0.481 e. The van der Waals surface area contributed by atoms with Crippen molar-refractivity contribution in [1.82, 2.24) is 4.31 Å². The number of hydrogen-bond donors (Lipinski definition) is 2. The van der Waals surface area contributed by atoms with E-state index in [9.17, 15) is 18.3 Å². The molecule has 3 rings (SSSR count). The van der Waals surface area contributed by atoms with Gasteiger partial charge < -0.3 is 10.2 Å². The monoisotopic (exact) mass is 331 g/mol. The molecule has 2 N–H and O–H groups in total. The Hall–Kier alpha value is -0.960. The zero-order valence-corrected chi connectivity index (χ0v) is 12.9. The number of thiophene rings is 1. The van der Waals surface area contributed by atoms with E-state index in [4.69, 9.17) is 5.11 Å². The molecule has 2 aliphatic rings. The lowest BCUT2D eigenvalue weighted by Gasteiger charge is -2.17. The van der Waals surface area contributed by atoms with Gasteiger partial charge in [-0.2, -0.15) is 4.31 Å². The Bertz CT molecular complexity index is 653. The Morgan fingerprint density at radius 3 is 2.76 bits per heavy atom. The summed E-state index contributed by atoms with van der Waals surface area (Å²) in [5.41, 5.74) is 0. The molecule has 21 heavy (non-hydrogen) atoms. The van der Waals surface area contributed by atoms with Crippen molar-refractivity contribution >= 4 is 27.3 Å². The summed E-state index contributed by atoms with van der Waals surface area (Å²) in [6, 6.07) is 3.03. The number of carboxylic acid groups (broad SMARTS) is 1. The Morgan fingerprint density at radius 1 is 1.33 bits per heavy atom. The molecule has 2 heterocycles. The number of carbonyl (C=O) groups is 1. The molecule has 1 saturated heterocycles. The van der Waals surface area contributed by atoms with Gasteiger partial charge in [-0.25, -0.2) is 8.42 Å². The highest BCUT2D eigenvalue weighted by molar-refractivity contribution is 7.91. The fourth-order valence-corrected chi connectivity index (χ4v) is 6.30. The van der Waals surface area contributed by atoms with Gasteiger partial charge >= 0.3 is 5.97 Å². The minimum absolute atomic E-state index is 0.0400. The third-order valence-electron chi connectivity index (χ3n) is 4.34. The van der Waals surface area contributed by atoms with Crippen molar-refractivity contribution in [1.29, 1.82) is 0 Å². The standard InChI is InChI=1S/C13H17NO5S2/c15-11-3-1-8-6-14(7-10(8)11)21(18,19)13-4-2-9(20-13)5-12(16)17/h2,4,8,10-11,15H,1,3,5-7H2,(H,16,17). The minimum atomic E-state index is -3.57. The maximum Gasteiger partial charge on any atom is 0.308 e. The smallest absolute Gasteiger partial charge is 0.308 e. The molecule has 3 atom stereocenters. The molecule has 116 valence electrons. The maximum atomic E-state index is 12.6. The van der Waals surface area contributed by atoms with Crippen LogP contribution in [0.5, 0.6) is 0 Å². The summed E-state index contributed by atoms with van der Waals surface area (Å²) in [6.45, 7) is 0.816. The molecule has 0 aromatic carbocycles. The van der Waals surface area contributed by atoms with Crippen molar-refractivity contribution in [2.45, 2.75) is 29.6 Å².